The Balaban J connectivity index is 0.000000225. The van der Waals surface area contributed by atoms with Crippen molar-refractivity contribution in [3.05, 3.63) is 78.0 Å². The van der Waals surface area contributed by atoms with Crippen LogP contribution in [-0.2, 0) is 10.7 Å². The third-order valence-corrected chi connectivity index (χ3v) is 3.80. The van der Waals surface area contributed by atoms with Crippen molar-refractivity contribution < 1.29 is 13.6 Å². The molecule has 0 bridgehead atoms. The van der Waals surface area contributed by atoms with Crippen LogP contribution in [0.5, 0.6) is 0 Å². The molecule has 0 saturated heterocycles. The molecule has 1 aliphatic heterocycles. The topological polar surface area (TPSA) is 71.7 Å². The minimum absolute atomic E-state index is 0.0648. The van der Waals surface area contributed by atoms with Crippen molar-refractivity contribution in [3.63, 3.8) is 0 Å². The first-order chi connectivity index (χ1) is 14.2. The highest BCUT2D eigenvalue weighted by molar-refractivity contribution is 5.72. The van der Waals surface area contributed by atoms with Crippen LogP contribution in [0.1, 0.15) is 18.1 Å². The van der Waals surface area contributed by atoms with Crippen LogP contribution < -0.4 is 5.32 Å². The fourth-order valence-electron chi connectivity index (χ4n) is 2.10. The van der Waals surface area contributed by atoms with Crippen LogP contribution in [-0.4, -0.2) is 43.3 Å². The highest BCUT2D eigenvalue weighted by atomic mass is 19.3. The number of rotatable bonds is 4. The molecule has 0 saturated carbocycles. The molecule has 6 nitrogen and oxygen atoms in total. The second kappa shape index (κ2) is 12.0. The van der Waals surface area contributed by atoms with E-state index in [9.17, 15) is 13.6 Å². The predicted molar refractivity (Wildman–Crippen MR) is 115 cm³/mol. The molecule has 30 heavy (non-hydrogen) atoms. The van der Waals surface area contributed by atoms with Gasteiger partial charge in [-0.25, -0.2) is 13.8 Å². The van der Waals surface area contributed by atoms with Crippen LogP contribution >= 0.6 is 0 Å². The number of carbonyl (C=O) groups is 1. The minimum atomic E-state index is -2.71. The molecule has 0 atom stereocenters. The maximum atomic E-state index is 12.5. The Morgan fingerprint density at radius 3 is 2.20 bits per heavy atom. The van der Waals surface area contributed by atoms with Gasteiger partial charge >= 0.3 is 0 Å². The van der Waals surface area contributed by atoms with Gasteiger partial charge in [-0.05, 0) is 24.3 Å². The summed E-state index contributed by atoms with van der Waals surface area (Å²) < 4.78 is 24.9. The van der Waals surface area contributed by atoms with E-state index in [4.69, 9.17) is 5.26 Å². The van der Waals surface area contributed by atoms with E-state index in [2.05, 4.69) is 23.1 Å². The van der Waals surface area contributed by atoms with Crippen molar-refractivity contribution >= 4 is 18.3 Å². The maximum absolute atomic E-state index is 12.5. The molecule has 1 N–H and O–H groups in total. The Morgan fingerprint density at radius 1 is 1.23 bits per heavy atom. The van der Waals surface area contributed by atoms with Gasteiger partial charge in [-0.2, -0.15) is 10.4 Å². The number of nitrogens with one attached hydrogen (secondary N) is 1. The third kappa shape index (κ3) is 8.52. The first kappa shape index (κ1) is 24.3. The number of hydrogen-bond donors (Lipinski definition) is 1. The van der Waals surface area contributed by atoms with Crippen molar-refractivity contribution in [3.8, 4) is 6.07 Å². The lowest BCUT2D eigenvalue weighted by molar-refractivity contribution is -0.106. The average Bonchev–Trinajstić information content (AvgIpc) is 3.20. The van der Waals surface area contributed by atoms with Crippen LogP contribution in [0.3, 0.4) is 0 Å². The standard InChI is InChI=1S/C8H8F2.C8H8N2.C6H9N3O/c1-8(9,10)7-5-3-2-4-6-7;1-10-8-4-2-7(6-9)3-5-8;1-6(3-10)9-5-8(2)4-7-9/h2-6H,1H3;2-5,10H,1H3;3-4H,1,5H2,2H3. The third-order valence-electron chi connectivity index (χ3n) is 3.80. The van der Waals surface area contributed by atoms with E-state index < -0.39 is 5.92 Å². The van der Waals surface area contributed by atoms with Gasteiger partial charge in [0.1, 0.15) is 13.0 Å². The molecular formula is C22H25F2N5O. The summed E-state index contributed by atoms with van der Waals surface area (Å²) in [6.45, 7) is 5.01. The van der Waals surface area contributed by atoms with Crippen molar-refractivity contribution in [2.75, 3.05) is 26.1 Å². The molecule has 2 aromatic carbocycles. The van der Waals surface area contributed by atoms with Crippen LogP contribution in [0, 0.1) is 11.3 Å². The molecule has 1 aliphatic rings. The molecule has 0 aromatic heterocycles. The Bertz CT molecular complexity index is 871. The fraction of sp³-hybridized carbons (Fsp3) is 0.227. The molecule has 0 fully saturated rings. The second-order valence-corrected chi connectivity index (χ2v) is 6.33. The number of nitriles is 1. The molecule has 0 unspecified atom stereocenters. The van der Waals surface area contributed by atoms with Gasteiger partial charge < -0.3 is 10.2 Å². The van der Waals surface area contributed by atoms with Crippen molar-refractivity contribution in [2.45, 2.75) is 12.8 Å². The van der Waals surface area contributed by atoms with E-state index in [1.54, 1.807) is 36.7 Å². The molecular weight excluding hydrogens is 388 g/mol. The maximum Gasteiger partial charge on any atom is 0.270 e. The molecule has 8 heteroatoms. The summed E-state index contributed by atoms with van der Waals surface area (Å²) in [5.41, 5.74) is 2.17. The summed E-state index contributed by atoms with van der Waals surface area (Å²) in [4.78, 5) is 12.0. The molecule has 158 valence electrons. The van der Waals surface area contributed by atoms with E-state index in [0.717, 1.165) is 12.6 Å². The highest BCUT2D eigenvalue weighted by Gasteiger charge is 2.22. The van der Waals surface area contributed by atoms with E-state index in [0.29, 0.717) is 24.2 Å². The van der Waals surface area contributed by atoms with Gasteiger partial charge in [0.2, 0.25) is 0 Å². The summed E-state index contributed by atoms with van der Waals surface area (Å²) in [6.07, 6.45) is 2.34. The monoisotopic (exact) mass is 413 g/mol. The Morgan fingerprint density at radius 2 is 1.83 bits per heavy atom. The average molecular weight is 413 g/mol. The zero-order valence-corrected chi connectivity index (χ0v) is 17.2. The molecule has 2 aromatic rings. The van der Waals surface area contributed by atoms with E-state index in [1.165, 1.54) is 17.1 Å². The zero-order chi connectivity index (χ0) is 22.6. The molecule has 0 aliphatic carbocycles. The van der Waals surface area contributed by atoms with Gasteiger partial charge in [-0.1, -0.05) is 36.9 Å². The molecule has 0 spiro atoms. The van der Waals surface area contributed by atoms with Gasteiger partial charge in [0.15, 0.2) is 6.29 Å². The first-order valence-corrected chi connectivity index (χ1v) is 8.98. The van der Waals surface area contributed by atoms with Crippen molar-refractivity contribution in [2.24, 2.45) is 5.10 Å². The van der Waals surface area contributed by atoms with E-state index in [-0.39, 0.29) is 5.56 Å². The predicted octanol–water partition coefficient (Wildman–Crippen LogP) is 4.25. The van der Waals surface area contributed by atoms with Gasteiger partial charge in [0.25, 0.3) is 5.92 Å². The van der Waals surface area contributed by atoms with E-state index >= 15 is 0 Å². The number of hydrazone groups is 1. The summed E-state index contributed by atoms with van der Waals surface area (Å²) in [6, 6.07) is 17.1. The van der Waals surface area contributed by atoms with E-state index in [1.807, 2.05) is 31.1 Å². The number of carbonyl (C=O) groups excluding carboxylic acids is 1. The Hall–Kier alpha value is -3.73. The number of anilines is 1. The molecule has 0 amide bonds. The number of aldehydes is 1. The SMILES string of the molecule is C=C(C=O)N1CN(C)C=N1.CC(F)(F)c1ccccc1.CNc1ccc(C#N)cc1. The van der Waals surface area contributed by atoms with Crippen LogP contribution in [0.25, 0.3) is 0 Å². The van der Waals surface area contributed by atoms with Crippen LogP contribution in [0.15, 0.2) is 72.0 Å². The fourth-order valence-corrected chi connectivity index (χ4v) is 2.10. The quantitative estimate of drug-likeness (QED) is 0.599. The molecule has 3 rings (SSSR count). The number of nitrogens with zero attached hydrogens (tertiary/aromatic N) is 4. The summed E-state index contributed by atoms with van der Waals surface area (Å²) >= 11 is 0. The second-order valence-electron chi connectivity index (χ2n) is 6.33. The number of halogens is 2. The summed E-state index contributed by atoms with van der Waals surface area (Å²) in [7, 11) is 3.73. The van der Waals surface area contributed by atoms with Gasteiger partial charge in [0, 0.05) is 32.3 Å². The number of hydrogen-bond acceptors (Lipinski definition) is 6. The van der Waals surface area contributed by atoms with Crippen molar-refractivity contribution in [1.29, 1.82) is 5.26 Å². The summed E-state index contributed by atoms with van der Waals surface area (Å²) in [5.74, 6) is -2.71. The molecule has 0 radical (unpaired) electrons. The number of allylic oxidation sites excluding steroid dienone is 1. The van der Waals surface area contributed by atoms with Gasteiger partial charge in [-0.15, -0.1) is 0 Å². The van der Waals surface area contributed by atoms with Gasteiger partial charge in [-0.3, -0.25) is 4.79 Å². The normalized spacial score (nSPS) is 12.0. The molecule has 1 heterocycles. The summed E-state index contributed by atoms with van der Waals surface area (Å²) in [5, 5.41) is 16.8. The lowest BCUT2D eigenvalue weighted by Gasteiger charge is -2.13. The van der Waals surface area contributed by atoms with Crippen LogP contribution in [0.2, 0.25) is 0 Å². The largest absolute Gasteiger partial charge is 0.388 e. The Kier molecular flexibility index (Phi) is 9.70. The van der Waals surface area contributed by atoms with Crippen LogP contribution in [0.4, 0.5) is 14.5 Å². The minimum Gasteiger partial charge on any atom is -0.388 e. The lowest BCUT2D eigenvalue weighted by atomic mass is 10.1. The first-order valence-electron chi connectivity index (χ1n) is 8.98. The zero-order valence-electron chi connectivity index (χ0n) is 17.2. The lowest BCUT2D eigenvalue weighted by Crippen LogP contribution is -2.22. The van der Waals surface area contributed by atoms with Crippen molar-refractivity contribution in [1.82, 2.24) is 9.91 Å². The Labute approximate surface area is 175 Å². The van der Waals surface area contributed by atoms with Gasteiger partial charge in [0.05, 0.1) is 17.3 Å². The smallest absolute Gasteiger partial charge is 0.270 e. The number of benzene rings is 2. The number of alkyl halides is 2. The highest BCUT2D eigenvalue weighted by Crippen LogP contribution is 2.25.